The summed E-state index contributed by atoms with van der Waals surface area (Å²) < 4.78 is 4.99. The summed E-state index contributed by atoms with van der Waals surface area (Å²) in [4.78, 5) is 1.11. The van der Waals surface area contributed by atoms with Gasteiger partial charge in [0.25, 0.3) is 0 Å². The molecule has 0 atom stereocenters. The number of nitrogens with zero attached hydrogens (tertiary/aromatic N) is 1. The fraction of sp³-hybridized carbons (Fsp3) is 0.300. The van der Waals surface area contributed by atoms with E-state index in [1.165, 1.54) is 0 Å². The van der Waals surface area contributed by atoms with Gasteiger partial charge >= 0.3 is 0 Å². The van der Waals surface area contributed by atoms with E-state index >= 15 is 0 Å². The van der Waals surface area contributed by atoms with Crippen molar-refractivity contribution < 1.29 is 4.74 Å². The smallest absolute Gasteiger partial charge is 0.0995 e. The van der Waals surface area contributed by atoms with E-state index in [9.17, 15) is 0 Å². The number of hydrogen-bond donors (Lipinski definition) is 0. The van der Waals surface area contributed by atoms with Crippen LogP contribution in [0.15, 0.2) is 23.1 Å². The predicted molar refractivity (Wildman–Crippen MR) is 53.7 cm³/mol. The number of hydrogen-bond acceptors (Lipinski definition) is 3. The molecule has 3 heteroatoms. The van der Waals surface area contributed by atoms with Crippen LogP contribution in [0.2, 0.25) is 0 Å². The first-order chi connectivity index (χ1) is 6.31. The molecule has 13 heavy (non-hydrogen) atoms. The van der Waals surface area contributed by atoms with Gasteiger partial charge in [0.1, 0.15) is 0 Å². The molecule has 0 amide bonds. The van der Waals surface area contributed by atoms with Crippen LogP contribution in [-0.4, -0.2) is 13.4 Å². The maximum atomic E-state index is 8.85. The Labute approximate surface area is 82.5 Å². The SMILES string of the molecule is COCc1ccc(SC)cc1C#N. The average molecular weight is 193 g/mol. The zero-order valence-electron chi connectivity index (χ0n) is 7.70. The Hall–Kier alpha value is -0.980. The normalized spacial score (nSPS) is 9.62. The highest BCUT2D eigenvalue weighted by Gasteiger charge is 2.02. The third-order valence-electron chi connectivity index (χ3n) is 1.74. The van der Waals surface area contributed by atoms with Crippen LogP contribution in [0.5, 0.6) is 0 Å². The Morgan fingerprint density at radius 3 is 2.85 bits per heavy atom. The Morgan fingerprint density at radius 1 is 1.54 bits per heavy atom. The van der Waals surface area contributed by atoms with Gasteiger partial charge < -0.3 is 4.74 Å². The molecule has 0 fully saturated rings. The summed E-state index contributed by atoms with van der Waals surface area (Å²) in [6, 6.07) is 7.99. The maximum absolute atomic E-state index is 8.85. The number of thioether (sulfide) groups is 1. The summed E-state index contributed by atoms with van der Waals surface area (Å²) in [5.74, 6) is 0. The van der Waals surface area contributed by atoms with Crippen molar-refractivity contribution in [1.82, 2.24) is 0 Å². The van der Waals surface area contributed by atoms with Gasteiger partial charge in [-0.1, -0.05) is 6.07 Å². The van der Waals surface area contributed by atoms with Crippen LogP contribution >= 0.6 is 11.8 Å². The predicted octanol–water partition coefficient (Wildman–Crippen LogP) is 2.43. The quantitative estimate of drug-likeness (QED) is 0.691. The largest absolute Gasteiger partial charge is 0.380 e. The molecule has 0 heterocycles. The minimum atomic E-state index is 0.498. The molecule has 68 valence electrons. The monoisotopic (exact) mass is 193 g/mol. The molecule has 0 saturated carbocycles. The second-order valence-corrected chi connectivity index (χ2v) is 3.45. The lowest BCUT2D eigenvalue weighted by Gasteiger charge is -2.03. The molecule has 0 N–H and O–H groups in total. The van der Waals surface area contributed by atoms with E-state index in [-0.39, 0.29) is 0 Å². The van der Waals surface area contributed by atoms with Gasteiger partial charge in [-0.3, -0.25) is 0 Å². The van der Waals surface area contributed by atoms with Crippen molar-refractivity contribution in [2.24, 2.45) is 0 Å². The number of benzene rings is 1. The maximum Gasteiger partial charge on any atom is 0.0995 e. The molecule has 0 unspecified atom stereocenters. The third-order valence-corrected chi connectivity index (χ3v) is 2.46. The van der Waals surface area contributed by atoms with Crippen LogP contribution in [0.3, 0.4) is 0 Å². The van der Waals surface area contributed by atoms with Crippen molar-refractivity contribution in [3.8, 4) is 6.07 Å². The first-order valence-electron chi connectivity index (χ1n) is 3.87. The van der Waals surface area contributed by atoms with E-state index in [0.29, 0.717) is 12.2 Å². The Kier molecular flexibility index (Phi) is 3.81. The zero-order chi connectivity index (χ0) is 9.68. The molecule has 1 aromatic carbocycles. The van der Waals surface area contributed by atoms with E-state index in [4.69, 9.17) is 10.00 Å². The molecule has 2 nitrogen and oxygen atoms in total. The van der Waals surface area contributed by atoms with Gasteiger partial charge in [0.2, 0.25) is 0 Å². The van der Waals surface area contributed by atoms with Crippen LogP contribution in [-0.2, 0) is 11.3 Å². The van der Waals surface area contributed by atoms with Crippen molar-refractivity contribution in [1.29, 1.82) is 5.26 Å². The number of ether oxygens (including phenoxy) is 1. The van der Waals surface area contributed by atoms with Gasteiger partial charge in [-0.05, 0) is 24.0 Å². The van der Waals surface area contributed by atoms with Crippen LogP contribution in [0.4, 0.5) is 0 Å². The second-order valence-electron chi connectivity index (χ2n) is 2.57. The van der Waals surface area contributed by atoms with E-state index in [2.05, 4.69) is 6.07 Å². The van der Waals surface area contributed by atoms with E-state index in [1.54, 1.807) is 18.9 Å². The summed E-state index contributed by atoms with van der Waals surface area (Å²) in [6.07, 6.45) is 1.99. The minimum absolute atomic E-state index is 0.498. The number of rotatable bonds is 3. The van der Waals surface area contributed by atoms with E-state index in [0.717, 1.165) is 10.5 Å². The summed E-state index contributed by atoms with van der Waals surface area (Å²) in [7, 11) is 1.63. The van der Waals surface area contributed by atoms with Gasteiger partial charge in [0, 0.05) is 12.0 Å². The molecule has 0 aliphatic heterocycles. The lowest BCUT2D eigenvalue weighted by molar-refractivity contribution is 0.184. The van der Waals surface area contributed by atoms with E-state index < -0.39 is 0 Å². The van der Waals surface area contributed by atoms with Crippen LogP contribution < -0.4 is 0 Å². The molecule has 0 aromatic heterocycles. The molecule has 0 bridgehead atoms. The van der Waals surface area contributed by atoms with Gasteiger partial charge in [0.05, 0.1) is 18.2 Å². The highest BCUT2D eigenvalue weighted by atomic mass is 32.2. The van der Waals surface area contributed by atoms with Gasteiger partial charge in [-0.15, -0.1) is 11.8 Å². The van der Waals surface area contributed by atoms with Crippen molar-refractivity contribution in [2.45, 2.75) is 11.5 Å². The molecule has 0 aliphatic carbocycles. The molecule has 0 aliphatic rings. The Bertz CT molecular complexity index is 330. The molecular weight excluding hydrogens is 182 g/mol. The molecule has 0 radical (unpaired) electrons. The van der Waals surface area contributed by atoms with Crippen molar-refractivity contribution in [3.63, 3.8) is 0 Å². The van der Waals surface area contributed by atoms with Crippen molar-refractivity contribution in [2.75, 3.05) is 13.4 Å². The highest BCUT2D eigenvalue weighted by Crippen LogP contribution is 2.19. The van der Waals surface area contributed by atoms with E-state index in [1.807, 2.05) is 24.5 Å². The first kappa shape index (κ1) is 10.1. The molecule has 0 saturated heterocycles. The Morgan fingerprint density at radius 2 is 2.31 bits per heavy atom. The van der Waals surface area contributed by atoms with Crippen LogP contribution in [0.25, 0.3) is 0 Å². The van der Waals surface area contributed by atoms with Crippen molar-refractivity contribution in [3.05, 3.63) is 29.3 Å². The van der Waals surface area contributed by atoms with Gasteiger partial charge in [-0.25, -0.2) is 0 Å². The standard InChI is InChI=1S/C10H11NOS/c1-12-7-8-3-4-10(13-2)5-9(8)6-11/h3-5H,7H2,1-2H3. The number of nitriles is 1. The Balaban J connectivity index is 3.02. The second kappa shape index (κ2) is 4.90. The first-order valence-corrected chi connectivity index (χ1v) is 5.10. The van der Waals surface area contributed by atoms with Gasteiger partial charge in [-0.2, -0.15) is 5.26 Å². The summed E-state index contributed by atoms with van der Waals surface area (Å²) in [6.45, 7) is 0.498. The van der Waals surface area contributed by atoms with Crippen LogP contribution in [0, 0.1) is 11.3 Å². The van der Waals surface area contributed by atoms with Crippen molar-refractivity contribution >= 4 is 11.8 Å². The van der Waals surface area contributed by atoms with Gasteiger partial charge in [0.15, 0.2) is 0 Å². The highest BCUT2D eigenvalue weighted by molar-refractivity contribution is 7.98. The zero-order valence-corrected chi connectivity index (χ0v) is 8.52. The fourth-order valence-corrected chi connectivity index (χ4v) is 1.51. The molecule has 1 rings (SSSR count). The minimum Gasteiger partial charge on any atom is -0.380 e. The lowest BCUT2D eigenvalue weighted by atomic mass is 10.1. The number of methoxy groups -OCH3 is 1. The summed E-state index contributed by atoms with van der Waals surface area (Å²) >= 11 is 1.63. The van der Waals surface area contributed by atoms with Crippen LogP contribution in [0.1, 0.15) is 11.1 Å². The third kappa shape index (κ3) is 2.48. The topological polar surface area (TPSA) is 33.0 Å². The molecular formula is C10H11NOS. The average Bonchev–Trinajstić information content (AvgIpc) is 2.19. The summed E-state index contributed by atoms with van der Waals surface area (Å²) in [5, 5.41) is 8.85. The fourth-order valence-electron chi connectivity index (χ4n) is 1.07. The molecule has 1 aromatic rings. The summed E-state index contributed by atoms with van der Waals surface area (Å²) in [5.41, 5.74) is 1.65. The molecule has 0 spiro atoms. The lowest BCUT2D eigenvalue weighted by Crippen LogP contribution is -1.92.